The molecule has 3 aliphatic rings. The number of nitrogens with zero attached hydrogens (tertiary/aromatic N) is 4. The van der Waals surface area contributed by atoms with Gasteiger partial charge in [-0.3, -0.25) is 24.2 Å². The van der Waals surface area contributed by atoms with E-state index >= 15 is 0 Å². The summed E-state index contributed by atoms with van der Waals surface area (Å²) in [4.78, 5) is 49.0. The van der Waals surface area contributed by atoms with Crippen molar-refractivity contribution in [2.75, 3.05) is 45.8 Å². The van der Waals surface area contributed by atoms with E-state index in [0.29, 0.717) is 39.1 Å². The Morgan fingerprint density at radius 1 is 0.756 bits per heavy atom. The molecule has 0 spiro atoms. The number of fused-ring (bicyclic) bond motifs is 1. The van der Waals surface area contributed by atoms with Crippen LogP contribution in [0, 0.1) is 0 Å². The van der Waals surface area contributed by atoms with E-state index in [4.69, 9.17) is 0 Å². The molecule has 8 nitrogen and oxygen atoms in total. The standard InChI is InChI=1S/C33H37N5O3/c39-31-29-24-37(20-21-38(29)32(40)28(34-31)22-25-10-4-1-5-11-25)30(27-14-8-3-9-15-27)33(41)36-18-16-35(17-19-36)23-26-12-6-2-7-13-26/h1-15,28-30H,16-24H2,(H,34,39)/t28-,29?,30?/m0/s1. The van der Waals surface area contributed by atoms with Gasteiger partial charge in [0, 0.05) is 58.8 Å². The molecule has 212 valence electrons. The van der Waals surface area contributed by atoms with Crippen LogP contribution in [0.4, 0.5) is 0 Å². The molecule has 3 aromatic carbocycles. The summed E-state index contributed by atoms with van der Waals surface area (Å²) in [5, 5.41) is 2.97. The Labute approximate surface area is 241 Å². The summed E-state index contributed by atoms with van der Waals surface area (Å²) in [6, 6.07) is 28.4. The first kappa shape index (κ1) is 27.2. The molecule has 0 aliphatic carbocycles. The highest BCUT2D eigenvalue weighted by Gasteiger charge is 2.46. The van der Waals surface area contributed by atoms with Gasteiger partial charge in [-0.2, -0.15) is 0 Å². The van der Waals surface area contributed by atoms with Crippen LogP contribution in [0.1, 0.15) is 22.7 Å². The first-order valence-electron chi connectivity index (χ1n) is 14.6. The van der Waals surface area contributed by atoms with Crippen molar-refractivity contribution in [2.24, 2.45) is 0 Å². The third-order valence-electron chi connectivity index (χ3n) is 8.54. The van der Waals surface area contributed by atoms with Gasteiger partial charge in [-0.1, -0.05) is 91.0 Å². The molecule has 0 radical (unpaired) electrons. The topological polar surface area (TPSA) is 76.2 Å². The molecule has 3 amide bonds. The summed E-state index contributed by atoms with van der Waals surface area (Å²) in [6.07, 6.45) is 0.472. The lowest BCUT2D eigenvalue weighted by Crippen LogP contribution is -2.70. The average molecular weight is 552 g/mol. The van der Waals surface area contributed by atoms with Crippen LogP contribution < -0.4 is 5.32 Å². The molecule has 1 N–H and O–H groups in total. The third kappa shape index (κ3) is 6.04. The third-order valence-corrected chi connectivity index (χ3v) is 8.54. The number of nitrogens with one attached hydrogen (secondary N) is 1. The summed E-state index contributed by atoms with van der Waals surface area (Å²) in [5.74, 6) is -0.132. The van der Waals surface area contributed by atoms with Crippen LogP contribution in [0.5, 0.6) is 0 Å². The van der Waals surface area contributed by atoms with E-state index in [-0.39, 0.29) is 17.7 Å². The second kappa shape index (κ2) is 12.2. The number of hydrogen-bond acceptors (Lipinski definition) is 5. The van der Waals surface area contributed by atoms with Crippen LogP contribution in [0.3, 0.4) is 0 Å². The van der Waals surface area contributed by atoms with Gasteiger partial charge in [-0.15, -0.1) is 0 Å². The molecule has 3 heterocycles. The molecule has 3 saturated heterocycles. The van der Waals surface area contributed by atoms with E-state index in [9.17, 15) is 14.4 Å². The number of carbonyl (C=O) groups is 3. The van der Waals surface area contributed by atoms with E-state index in [2.05, 4.69) is 39.4 Å². The normalized spacial score (nSPS) is 22.6. The predicted molar refractivity (Wildman–Crippen MR) is 157 cm³/mol. The first-order chi connectivity index (χ1) is 20.1. The van der Waals surface area contributed by atoms with Gasteiger partial charge in [0.05, 0.1) is 0 Å². The van der Waals surface area contributed by atoms with Crippen molar-refractivity contribution in [2.45, 2.75) is 31.1 Å². The lowest BCUT2D eigenvalue weighted by molar-refractivity contribution is -0.155. The molecule has 3 fully saturated rings. The number of amides is 3. The molecule has 0 aromatic heterocycles. The molecule has 3 aromatic rings. The monoisotopic (exact) mass is 551 g/mol. The maximum atomic E-state index is 14.1. The minimum absolute atomic E-state index is 0.0461. The maximum absolute atomic E-state index is 14.1. The Hall–Kier alpha value is -4.01. The van der Waals surface area contributed by atoms with Crippen molar-refractivity contribution >= 4 is 17.7 Å². The Morgan fingerprint density at radius 3 is 2.02 bits per heavy atom. The maximum Gasteiger partial charge on any atom is 0.246 e. The van der Waals surface area contributed by atoms with Crippen molar-refractivity contribution in [3.05, 3.63) is 108 Å². The molecular weight excluding hydrogens is 514 g/mol. The quantitative estimate of drug-likeness (QED) is 0.488. The van der Waals surface area contributed by atoms with E-state index in [1.807, 2.05) is 71.6 Å². The number of carbonyl (C=O) groups excluding carboxylic acids is 3. The Kier molecular flexibility index (Phi) is 8.11. The van der Waals surface area contributed by atoms with E-state index in [1.165, 1.54) is 5.56 Å². The highest BCUT2D eigenvalue weighted by Crippen LogP contribution is 2.29. The molecule has 0 bridgehead atoms. The molecule has 8 heteroatoms. The lowest BCUT2D eigenvalue weighted by Gasteiger charge is -2.48. The van der Waals surface area contributed by atoms with Crippen molar-refractivity contribution in [1.29, 1.82) is 0 Å². The van der Waals surface area contributed by atoms with Crippen molar-refractivity contribution in [3.63, 3.8) is 0 Å². The van der Waals surface area contributed by atoms with E-state index in [1.54, 1.807) is 4.90 Å². The van der Waals surface area contributed by atoms with Gasteiger partial charge in [0.15, 0.2) is 0 Å². The van der Waals surface area contributed by atoms with Gasteiger partial charge in [0.1, 0.15) is 18.1 Å². The van der Waals surface area contributed by atoms with Crippen LogP contribution >= 0.6 is 0 Å². The predicted octanol–water partition coefficient (Wildman–Crippen LogP) is 2.33. The van der Waals surface area contributed by atoms with Crippen molar-refractivity contribution < 1.29 is 14.4 Å². The van der Waals surface area contributed by atoms with Gasteiger partial charge < -0.3 is 15.1 Å². The van der Waals surface area contributed by atoms with Gasteiger partial charge in [-0.25, -0.2) is 0 Å². The van der Waals surface area contributed by atoms with Crippen LogP contribution in [0.2, 0.25) is 0 Å². The molecule has 41 heavy (non-hydrogen) atoms. The second-order valence-corrected chi connectivity index (χ2v) is 11.2. The van der Waals surface area contributed by atoms with Crippen molar-refractivity contribution in [3.8, 4) is 0 Å². The number of benzene rings is 3. The van der Waals surface area contributed by atoms with Gasteiger partial charge in [0.2, 0.25) is 17.7 Å². The van der Waals surface area contributed by atoms with Gasteiger partial charge in [0.25, 0.3) is 0 Å². The van der Waals surface area contributed by atoms with Crippen LogP contribution in [-0.4, -0.2) is 95.2 Å². The van der Waals surface area contributed by atoms with Gasteiger partial charge >= 0.3 is 0 Å². The van der Waals surface area contributed by atoms with Crippen LogP contribution in [0.15, 0.2) is 91.0 Å². The van der Waals surface area contributed by atoms with E-state index in [0.717, 1.165) is 30.8 Å². The second-order valence-electron chi connectivity index (χ2n) is 11.2. The molecule has 6 rings (SSSR count). The minimum Gasteiger partial charge on any atom is -0.342 e. The summed E-state index contributed by atoms with van der Waals surface area (Å²) >= 11 is 0. The van der Waals surface area contributed by atoms with E-state index < -0.39 is 18.1 Å². The van der Waals surface area contributed by atoms with Crippen LogP contribution in [-0.2, 0) is 27.3 Å². The number of rotatable bonds is 7. The van der Waals surface area contributed by atoms with Crippen molar-refractivity contribution in [1.82, 2.24) is 24.9 Å². The smallest absolute Gasteiger partial charge is 0.246 e. The lowest BCUT2D eigenvalue weighted by atomic mass is 9.96. The largest absolute Gasteiger partial charge is 0.342 e. The SMILES string of the molecule is O=C1N[C@@H](Cc2ccccc2)C(=O)N2CCN(C(C(=O)N3CCN(Cc4ccccc4)CC3)c3ccccc3)CC12. The zero-order valence-electron chi connectivity index (χ0n) is 23.3. The summed E-state index contributed by atoms with van der Waals surface area (Å²) in [5.41, 5.74) is 3.21. The summed E-state index contributed by atoms with van der Waals surface area (Å²) < 4.78 is 0. The average Bonchev–Trinajstić information content (AvgIpc) is 3.02. The molecule has 2 unspecified atom stereocenters. The first-order valence-corrected chi connectivity index (χ1v) is 14.6. The van der Waals surface area contributed by atoms with Gasteiger partial charge in [-0.05, 0) is 16.7 Å². The Morgan fingerprint density at radius 2 is 1.37 bits per heavy atom. The molecule has 3 aliphatic heterocycles. The Balaban J connectivity index is 1.14. The highest BCUT2D eigenvalue weighted by atomic mass is 16.2. The Bertz CT molecular complexity index is 1350. The zero-order valence-corrected chi connectivity index (χ0v) is 23.3. The number of piperazine rings is 3. The molecular formula is C33H37N5O3. The summed E-state index contributed by atoms with van der Waals surface area (Å²) in [6.45, 7) is 5.13. The molecule has 3 atom stereocenters. The minimum atomic E-state index is -0.606. The molecule has 0 saturated carbocycles. The fraction of sp³-hybridized carbons (Fsp3) is 0.364. The zero-order chi connectivity index (χ0) is 28.2. The highest BCUT2D eigenvalue weighted by molar-refractivity contribution is 5.97. The summed E-state index contributed by atoms with van der Waals surface area (Å²) in [7, 11) is 0. The van der Waals surface area contributed by atoms with Crippen LogP contribution in [0.25, 0.3) is 0 Å². The number of hydrogen-bond donors (Lipinski definition) is 1. The fourth-order valence-corrected chi connectivity index (χ4v) is 6.33. The fourth-order valence-electron chi connectivity index (χ4n) is 6.33.